The van der Waals surface area contributed by atoms with Crippen LogP contribution < -0.4 is 4.74 Å². The summed E-state index contributed by atoms with van der Waals surface area (Å²) in [5.74, 6) is 0.910. The van der Waals surface area contributed by atoms with Gasteiger partial charge in [-0.05, 0) is 19.1 Å². The lowest BCUT2D eigenvalue weighted by Crippen LogP contribution is -1.79. The van der Waals surface area contributed by atoms with E-state index in [0.29, 0.717) is 0 Å². The first-order chi connectivity index (χ1) is 9.99. The van der Waals surface area contributed by atoms with Gasteiger partial charge in [0, 0.05) is 32.9 Å². The van der Waals surface area contributed by atoms with Crippen molar-refractivity contribution in [3.05, 3.63) is 40.4 Å². The molecular weight excluding hydrogens is 286 g/mol. The van der Waals surface area contributed by atoms with Gasteiger partial charge < -0.3 is 14.2 Å². The van der Waals surface area contributed by atoms with E-state index in [2.05, 4.69) is 9.47 Å². The Hall–Kier alpha value is -1.66. The number of hydrogen-bond acceptors (Lipinski definition) is 5. The second kappa shape index (κ2) is 36.6. The van der Waals surface area contributed by atoms with Crippen LogP contribution in [0.5, 0.6) is 5.75 Å². The second-order valence-corrected chi connectivity index (χ2v) is 2.94. The molecule has 0 spiro atoms. The summed E-state index contributed by atoms with van der Waals surface area (Å²) in [6.45, 7) is 6.78. The second-order valence-electron chi connectivity index (χ2n) is 2.94. The van der Waals surface area contributed by atoms with E-state index in [1.807, 2.05) is 51.1 Å². The van der Waals surface area contributed by atoms with Gasteiger partial charge in [0.1, 0.15) is 5.75 Å². The van der Waals surface area contributed by atoms with E-state index in [0.717, 1.165) is 19.4 Å². The van der Waals surface area contributed by atoms with Crippen molar-refractivity contribution < 1.29 is 19.1 Å². The zero-order valence-corrected chi connectivity index (χ0v) is 14.6. The molecule has 0 bridgehead atoms. The Morgan fingerprint density at radius 2 is 1.32 bits per heavy atom. The molecule has 0 radical (unpaired) electrons. The maximum Gasteiger partial charge on any atom is 0.194 e. The number of para-hydroxylation sites is 1. The summed E-state index contributed by atoms with van der Waals surface area (Å²) < 4.78 is 13.7. The van der Waals surface area contributed by atoms with Crippen LogP contribution in [0.25, 0.3) is 0 Å². The minimum atomic E-state index is -0.500. The van der Waals surface area contributed by atoms with Crippen LogP contribution >= 0.6 is 0 Å². The average molecular weight is 321 g/mol. The van der Waals surface area contributed by atoms with Crippen LogP contribution in [0.15, 0.2) is 30.3 Å². The highest BCUT2D eigenvalue weighted by molar-refractivity contribution is 5.20. The van der Waals surface area contributed by atoms with Crippen molar-refractivity contribution in [1.82, 2.24) is 0 Å². The van der Waals surface area contributed by atoms with Gasteiger partial charge in [-0.2, -0.15) is 0 Å². The minimum absolute atomic E-state index is 0. The molecule has 0 aliphatic rings. The Labute approximate surface area is 136 Å². The summed E-state index contributed by atoms with van der Waals surface area (Å²) in [6.07, 6.45) is 0. The summed E-state index contributed by atoms with van der Waals surface area (Å²) in [7, 11) is 7.48. The molecule has 0 saturated carbocycles. The van der Waals surface area contributed by atoms with Crippen LogP contribution in [0.3, 0.4) is 0 Å². The van der Waals surface area contributed by atoms with E-state index in [1.54, 1.807) is 28.4 Å². The predicted molar refractivity (Wildman–Crippen MR) is 94.5 cm³/mol. The predicted octanol–water partition coefficient (Wildman–Crippen LogP) is 4.17. The third kappa shape index (κ3) is 63.2. The normalized spacial score (nSPS) is 6.73. The lowest BCUT2D eigenvalue weighted by Gasteiger charge is -1.93. The Bertz CT molecular complexity index is 262. The topological polar surface area (TPSA) is 70.8 Å². The quantitative estimate of drug-likeness (QED) is 0.604. The van der Waals surface area contributed by atoms with Gasteiger partial charge in [-0.15, -0.1) is 0 Å². The number of rotatable bonds is 2. The molecule has 134 valence electrons. The van der Waals surface area contributed by atoms with Crippen LogP contribution in [-0.2, 0) is 9.47 Å². The minimum Gasteiger partial charge on any atom is -0.497 e. The number of nitro groups is 1. The van der Waals surface area contributed by atoms with Gasteiger partial charge in [0.2, 0.25) is 0 Å². The molecule has 1 aromatic carbocycles. The largest absolute Gasteiger partial charge is 0.497 e. The monoisotopic (exact) mass is 321 g/mol. The molecule has 0 unspecified atom stereocenters. The van der Waals surface area contributed by atoms with Crippen LogP contribution in [0.4, 0.5) is 0 Å². The first-order valence-corrected chi connectivity index (χ1v) is 6.56. The van der Waals surface area contributed by atoms with Crippen LogP contribution in [0, 0.1) is 10.1 Å². The Kier molecular flexibility index (Phi) is 53.7. The van der Waals surface area contributed by atoms with Gasteiger partial charge in [-0.1, -0.05) is 39.5 Å². The van der Waals surface area contributed by atoms with Crippen molar-refractivity contribution in [2.45, 2.75) is 28.2 Å². The third-order valence-electron chi connectivity index (χ3n) is 1.27. The molecule has 1 rings (SSSR count). The van der Waals surface area contributed by atoms with E-state index in [1.165, 1.54) is 0 Å². The van der Waals surface area contributed by atoms with Gasteiger partial charge in [-0.25, -0.2) is 0 Å². The van der Waals surface area contributed by atoms with E-state index >= 15 is 0 Å². The van der Waals surface area contributed by atoms with Gasteiger partial charge in [-0.3, -0.25) is 10.1 Å². The molecule has 0 aliphatic carbocycles. The summed E-state index contributed by atoms with van der Waals surface area (Å²) in [4.78, 5) is 8.31. The highest BCUT2D eigenvalue weighted by atomic mass is 16.6. The molecule has 6 nitrogen and oxygen atoms in total. The number of methoxy groups -OCH3 is 3. The number of ether oxygens (including phenoxy) is 3. The highest BCUT2D eigenvalue weighted by Gasteiger charge is 1.80. The molecule has 0 aromatic heterocycles. The fraction of sp³-hybridized carbons (Fsp3) is 0.625. The smallest absolute Gasteiger partial charge is 0.194 e. The molecule has 22 heavy (non-hydrogen) atoms. The van der Waals surface area contributed by atoms with Gasteiger partial charge >= 0.3 is 0 Å². The van der Waals surface area contributed by atoms with Crippen molar-refractivity contribution in [2.24, 2.45) is 0 Å². The van der Waals surface area contributed by atoms with Crippen LogP contribution in [0.2, 0.25) is 0 Å². The molecule has 0 amide bonds. The van der Waals surface area contributed by atoms with Crippen LogP contribution in [-0.4, -0.2) is 47.0 Å². The lowest BCUT2D eigenvalue weighted by atomic mass is 10.3. The average Bonchev–Trinajstić information content (AvgIpc) is 2.50. The lowest BCUT2D eigenvalue weighted by molar-refractivity contribution is -0.445. The Morgan fingerprint density at radius 3 is 1.45 bits per heavy atom. The number of hydrogen-bond donors (Lipinski definition) is 0. The molecule has 6 heteroatoms. The first-order valence-electron chi connectivity index (χ1n) is 6.56. The molecule has 0 fully saturated rings. The molecule has 0 heterocycles. The summed E-state index contributed by atoms with van der Waals surface area (Å²) in [5, 5.41) is 8.81. The maximum absolute atomic E-state index is 8.81. The van der Waals surface area contributed by atoms with Crippen molar-refractivity contribution in [3.63, 3.8) is 0 Å². The zero-order valence-electron chi connectivity index (χ0n) is 14.6. The molecule has 0 aliphatic heterocycles. The maximum atomic E-state index is 8.81. The van der Waals surface area contributed by atoms with E-state index < -0.39 is 4.92 Å². The molecular formula is C16H35NO5. The van der Waals surface area contributed by atoms with Gasteiger partial charge in [0.15, 0.2) is 7.05 Å². The van der Waals surface area contributed by atoms with E-state index in [9.17, 15) is 0 Å². The summed E-state index contributed by atoms with van der Waals surface area (Å²) in [5.41, 5.74) is 0. The zero-order chi connectivity index (χ0) is 17.5. The van der Waals surface area contributed by atoms with Crippen molar-refractivity contribution >= 4 is 0 Å². The number of nitrogens with zero attached hydrogens (tertiary/aromatic N) is 1. The first kappa shape index (κ1) is 32.3. The fourth-order valence-electron chi connectivity index (χ4n) is 0.557. The van der Waals surface area contributed by atoms with E-state index in [4.69, 9.17) is 14.9 Å². The summed E-state index contributed by atoms with van der Waals surface area (Å²) >= 11 is 0. The molecule has 0 saturated heterocycles. The standard InChI is InChI=1S/C7H8O.C3H8O.C2H6O.C2H6.CH3NO2.CH4/c1-8-7-5-3-2-4-6-7;1-3-4-2;1-3-2;1-2;1-2(3)4;/h2-6H,1H3;3H2,1-2H3;1-2H3;1-2H3;1H3;1H4. The number of benzene rings is 1. The highest BCUT2D eigenvalue weighted by Crippen LogP contribution is 2.05. The summed E-state index contributed by atoms with van der Waals surface area (Å²) in [6, 6.07) is 9.68. The van der Waals surface area contributed by atoms with Crippen molar-refractivity contribution in [3.8, 4) is 5.75 Å². The third-order valence-corrected chi connectivity index (χ3v) is 1.27. The van der Waals surface area contributed by atoms with Crippen LogP contribution in [0.1, 0.15) is 28.2 Å². The fourth-order valence-corrected chi connectivity index (χ4v) is 0.557. The molecule has 0 atom stereocenters. The van der Waals surface area contributed by atoms with Crippen molar-refractivity contribution in [1.29, 1.82) is 0 Å². The van der Waals surface area contributed by atoms with Gasteiger partial charge in [0.05, 0.1) is 7.11 Å². The van der Waals surface area contributed by atoms with E-state index in [-0.39, 0.29) is 7.43 Å². The van der Waals surface area contributed by atoms with Gasteiger partial charge in [0.25, 0.3) is 0 Å². The SMILES string of the molecule is C.CC.CCOC.COC.COc1ccccc1.C[N+](=O)[O-]. The van der Waals surface area contributed by atoms with Crippen molar-refractivity contribution in [2.75, 3.05) is 42.1 Å². The molecule has 0 N–H and O–H groups in total. The Morgan fingerprint density at radius 1 is 1.05 bits per heavy atom. The molecule has 1 aromatic rings. The Balaban J connectivity index is -0.0000000601.